The molecule has 0 rings (SSSR count). The molecule has 0 aliphatic heterocycles. The summed E-state index contributed by atoms with van der Waals surface area (Å²) in [5, 5.41) is 0. The van der Waals surface area contributed by atoms with E-state index in [0.717, 1.165) is 6.92 Å². The van der Waals surface area contributed by atoms with Gasteiger partial charge in [0, 0.05) is 0 Å². The number of ether oxygens (including phenoxy) is 1. The first kappa shape index (κ1) is 28.3. The molecular formula is C12H7F17O. The monoisotopic (exact) mass is 490 g/mol. The first-order valence-corrected chi connectivity index (χ1v) is 6.77. The van der Waals surface area contributed by atoms with Crippen molar-refractivity contribution in [1.82, 2.24) is 0 Å². The molecule has 180 valence electrons. The Morgan fingerprint density at radius 3 is 1.07 bits per heavy atom. The number of hydrogen-bond donors (Lipinski definition) is 0. The number of rotatable bonds is 9. The topological polar surface area (TPSA) is 9.23 Å². The number of allylic oxidation sites excluding steroid dienone is 1. The highest BCUT2D eigenvalue weighted by atomic mass is 19.4. The van der Waals surface area contributed by atoms with Crippen LogP contribution in [0.3, 0.4) is 0 Å². The molecule has 0 unspecified atom stereocenters. The molecular weight excluding hydrogens is 483 g/mol. The lowest BCUT2D eigenvalue weighted by molar-refractivity contribution is -0.460. The normalized spacial score (nSPS) is 15.9. The second-order valence-corrected chi connectivity index (χ2v) is 5.37. The minimum atomic E-state index is -8.64. The zero-order chi connectivity index (χ0) is 25.0. The van der Waals surface area contributed by atoms with Crippen LogP contribution in [-0.4, -0.2) is 54.2 Å². The lowest BCUT2D eigenvalue weighted by atomic mass is 9.88. The number of alkyl halides is 17. The van der Waals surface area contributed by atoms with Gasteiger partial charge in [0.05, 0.1) is 6.61 Å². The van der Waals surface area contributed by atoms with Gasteiger partial charge in [-0.2, -0.15) is 74.6 Å². The van der Waals surface area contributed by atoms with E-state index in [1.165, 1.54) is 0 Å². The van der Waals surface area contributed by atoms with Crippen molar-refractivity contribution in [3.05, 3.63) is 12.3 Å². The highest BCUT2D eigenvalue weighted by Crippen LogP contribution is 2.64. The van der Waals surface area contributed by atoms with E-state index in [1.807, 2.05) is 6.58 Å². The molecule has 1 nitrogen and oxygen atoms in total. The van der Waals surface area contributed by atoms with Crippen LogP contribution in [0.2, 0.25) is 0 Å². The van der Waals surface area contributed by atoms with Gasteiger partial charge in [0.2, 0.25) is 0 Å². The fourth-order valence-electron chi connectivity index (χ4n) is 1.60. The summed E-state index contributed by atoms with van der Waals surface area (Å²) in [6, 6.07) is 0. The summed E-state index contributed by atoms with van der Waals surface area (Å²) >= 11 is 0. The van der Waals surface area contributed by atoms with E-state index in [0.29, 0.717) is 0 Å². The van der Waals surface area contributed by atoms with Gasteiger partial charge < -0.3 is 4.74 Å². The molecule has 0 bridgehead atoms. The summed E-state index contributed by atoms with van der Waals surface area (Å²) in [5.41, 5.74) is 0. The van der Waals surface area contributed by atoms with Crippen molar-refractivity contribution >= 4 is 0 Å². The molecule has 0 radical (unpaired) electrons. The fourth-order valence-corrected chi connectivity index (χ4v) is 1.60. The van der Waals surface area contributed by atoms with Gasteiger partial charge in [-0.15, -0.1) is 0 Å². The lowest BCUT2D eigenvalue weighted by Crippen LogP contribution is -2.74. The van der Waals surface area contributed by atoms with E-state index in [9.17, 15) is 74.6 Å². The highest BCUT2D eigenvalue weighted by Gasteiger charge is 2.95. The van der Waals surface area contributed by atoms with Crippen LogP contribution in [0.1, 0.15) is 6.92 Å². The smallest absolute Gasteiger partial charge is 0.460 e. The predicted octanol–water partition coefficient (Wildman–Crippen LogP) is 6.55. The van der Waals surface area contributed by atoms with Gasteiger partial charge in [0.1, 0.15) is 0 Å². The summed E-state index contributed by atoms with van der Waals surface area (Å²) < 4.78 is 223. The summed E-state index contributed by atoms with van der Waals surface area (Å²) in [4.78, 5) is 0. The van der Waals surface area contributed by atoms with E-state index in [4.69, 9.17) is 0 Å². The minimum Gasteiger partial charge on any atom is -0.492 e. The molecule has 18 heteroatoms. The van der Waals surface area contributed by atoms with Crippen molar-refractivity contribution in [2.24, 2.45) is 0 Å². The Bertz CT molecular complexity index is 644. The molecule has 0 aromatic carbocycles. The van der Waals surface area contributed by atoms with E-state index >= 15 is 0 Å². The molecule has 0 N–H and O–H groups in total. The standard InChI is InChI=1S/C12H7F17O/c1-3-30-4(2)5(13,14)6(15,16)7(17,18)8(19,20)9(21,22)10(23,24)11(25,26)12(27,28)29/h2-3H2,1H3. The van der Waals surface area contributed by atoms with Crippen LogP contribution in [0.5, 0.6) is 0 Å². The maximum absolute atomic E-state index is 13.4. The van der Waals surface area contributed by atoms with Crippen molar-refractivity contribution < 1.29 is 79.4 Å². The predicted molar refractivity (Wildman–Crippen MR) is 61.4 cm³/mol. The molecule has 0 aliphatic carbocycles. The molecule has 0 spiro atoms. The molecule has 0 saturated heterocycles. The summed E-state index contributed by atoms with van der Waals surface area (Å²) in [5.74, 6) is -59.6. The van der Waals surface area contributed by atoms with Crippen LogP contribution < -0.4 is 0 Å². The maximum Gasteiger partial charge on any atom is 0.460 e. The van der Waals surface area contributed by atoms with E-state index in [2.05, 4.69) is 4.74 Å². The van der Waals surface area contributed by atoms with Crippen molar-refractivity contribution in [1.29, 1.82) is 0 Å². The average molecular weight is 490 g/mol. The third-order valence-electron chi connectivity index (χ3n) is 3.39. The van der Waals surface area contributed by atoms with Crippen LogP contribution in [0.25, 0.3) is 0 Å². The lowest BCUT2D eigenvalue weighted by Gasteiger charge is -2.42. The van der Waals surface area contributed by atoms with E-state index in [-0.39, 0.29) is 0 Å². The molecule has 0 fully saturated rings. The molecule has 0 aromatic heterocycles. The molecule has 0 saturated carbocycles. The van der Waals surface area contributed by atoms with E-state index < -0.39 is 60.0 Å². The van der Waals surface area contributed by atoms with Gasteiger partial charge in [-0.25, -0.2) is 0 Å². The van der Waals surface area contributed by atoms with Crippen molar-refractivity contribution in [2.75, 3.05) is 6.61 Å². The SMILES string of the molecule is C=C(OCC)C(F)(F)C(F)(F)C(F)(F)C(F)(F)C(F)(F)C(F)(F)C(F)(F)C(F)(F)F. The number of hydrogen-bond acceptors (Lipinski definition) is 1. The Morgan fingerprint density at radius 2 is 0.800 bits per heavy atom. The zero-order valence-electron chi connectivity index (χ0n) is 13.7. The third-order valence-corrected chi connectivity index (χ3v) is 3.39. The van der Waals surface area contributed by atoms with Gasteiger partial charge in [-0.1, -0.05) is 6.58 Å². The van der Waals surface area contributed by atoms with Gasteiger partial charge in [-0.3, -0.25) is 0 Å². The van der Waals surface area contributed by atoms with Crippen LogP contribution in [0, 0.1) is 0 Å². The van der Waals surface area contributed by atoms with Gasteiger partial charge in [-0.05, 0) is 6.92 Å². The summed E-state index contributed by atoms with van der Waals surface area (Å²) in [6.45, 7) is 1.58. The first-order chi connectivity index (χ1) is 12.7. The van der Waals surface area contributed by atoms with Crippen LogP contribution >= 0.6 is 0 Å². The quantitative estimate of drug-likeness (QED) is 0.263. The Kier molecular flexibility index (Phi) is 6.81. The summed E-state index contributed by atoms with van der Waals surface area (Å²) in [7, 11) is 0. The highest BCUT2D eigenvalue weighted by molar-refractivity contribution is 5.19. The Morgan fingerprint density at radius 1 is 0.533 bits per heavy atom. The summed E-state index contributed by atoms with van der Waals surface area (Å²) in [6.07, 6.45) is -7.78. The zero-order valence-corrected chi connectivity index (χ0v) is 13.7. The van der Waals surface area contributed by atoms with Crippen LogP contribution in [0.15, 0.2) is 12.3 Å². The first-order valence-electron chi connectivity index (χ1n) is 6.77. The van der Waals surface area contributed by atoms with Gasteiger partial charge in [0.25, 0.3) is 0 Å². The van der Waals surface area contributed by atoms with Gasteiger partial charge >= 0.3 is 47.6 Å². The molecule has 0 aromatic rings. The Balaban J connectivity index is 6.73. The minimum absolute atomic E-state index is 0.722. The molecule has 30 heavy (non-hydrogen) atoms. The van der Waals surface area contributed by atoms with Crippen molar-refractivity contribution in [3.63, 3.8) is 0 Å². The second-order valence-electron chi connectivity index (χ2n) is 5.37. The van der Waals surface area contributed by atoms with Crippen molar-refractivity contribution in [3.8, 4) is 0 Å². The van der Waals surface area contributed by atoms with Crippen LogP contribution in [0.4, 0.5) is 74.6 Å². The largest absolute Gasteiger partial charge is 0.492 e. The molecule has 0 atom stereocenters. The molecule has 0 heterocycles. The molecule has 0 aliphatic rings. The number of halogens is 17. The van der Waals surface area contributed by atoms with Crippen molar-refractivity contribution in [2.45, 2.75) is 54.6 Å². The van der Waals surface area contributed by atoms with Crippen LogP contribution in [-0.2, 0) is 4.74 Å². The average Bonchev–Trinajstić information content (AvgIpc) is 2.52. The Hall–Kier alpha value is -1.65. The second kappa shape index (κ2) is 7.20. The molecule has 0 amide bonds. The maximum atomic E-state index is 13.4. The Labute approximate surface area is 154 Å². The third kappa shape index (κ3) is 3.42. The van der Waals surface area contributed by atoms with E-state index in [1.54, 1.807) is 0 Å². The van der Waals surface area contributed by atoms with Gasteiger partial charge in [0.15, 0.2) is 5.76 Å². The fraction of sp³-hybridized carbons (Fsp3) is 0.833.